The third kappa shape index (κ3) is 7.56. The summed E-state index contributed by atoms with van der Waals surface area (Å²) in [5.74, 6) is 3.16. The zero-order chi connectivity index (χ0) is 28.3. The van der Waals surface area contributed by atoms with Gasteiger partial charge in [0.05, 0.1) is 31.9 Å². The van der Waals surface area contributed by atoms with Crippen molar-refractivity contribution in [3.05, 3.63) is 83.2 Å². The molecule has 4 aromatic rings. The van der Waals surface area contributed by atoms with Crippen molar-refractivity contribution >= 4 is 16.9 Å². The zero-order valence-electron chi connectivity index (χ0n) is 24.2. The van der Waals surface area contributed by atoms with Gasteiger partial charge in [-0.05, 0) is 87.1 Å². The summed E-state index contributed by atoms with van der Waals surface area (Å²) in [4.78, 5) is 17.5. The van der Waals surface area contributed by atoms with E-state index in [0.717, 1.165) is 62.2 Å². The van der Waals surface area contributed by atoms with Gasteiger partial charge in [0.25, 0.3) is 5.91 Å². The van der Waals surface area contributed by atoms with Crippen LogP contribution in [0.4, 0.5) is 0 Å². The summed E-state index contributed by atoms with van der Waals surface area (Å²) in [7, 11) is 3.14. The fourth-order valence-corrected chi connectivity index (χ4v) is 4.85. The van der Waals surface area contributed by atoms with Gasteiger partial charge < -0.3 is 24.1 Å². The number of benzene rings is 3. The number of rotatable bonds is 15. The molecule has 1 N–H and O–H groups in total. The first-order valence-corrected chi connectivity index (χ1v) is 14.1. The minimum Gasteiger partial charge on any atom is -0.493 e. The minimum atomic E-state index is -0.107. The maximum Gasteiger partial charge on any atom is 0.251 e. The third-order valence-electron chi connectivity index (χ3n) is 7.12. The Morgan fingerprint density at radius 3 is 2.50 bits per heavy atom. The molecule has 1 amide bonds. The van der Waals surface area contributed by atoms with E-state index < -0.39 is 0 Å². The van der Waals surface area contributed by atoms with Crippen LogP contribution in [0.1, 0.15) is 59.4 Å². The second-order valence-corrected chi connectivity index (χ2v) is 10.1. The summed E-state index contributed by atoms with van der Waals surface area (Å²) in [6.07, 6.45) is 5.87. The quantitative estimate of drug-likeness (QED) is 0.170. The molecule has 0 radical (unpaired) electrons. The monoisotopic (exact) mass is 543 g/mol. The molecule has 0 spiro atoms. The summed E-state index contributed by atoms with van der Waals surface area (Å²) < 4.78 is 19.0. The van der Waals surface area contributed by atoms with E-state index in [1.807, 2.05) is 6.07 Å². The van der Waals surface area contributed by atoms with Gasteiger partial charge in [0.2, 0.25) is 0 Å². The number of nitrogens with one attached hydrogen (secondary N) is 1. The molecule has 0 aliphatic carbocycles. The first-order chi connectivity index (χ1) is 19.5. The Morgan fingerprint density at radius 2 is 1.68 bits per heavy atom. The normalized spacial score (nSPS) is 11.0. The molecule has 0 aliphatic heterocycles. The van der Waals surface area contributed by atoms with Crippen LogP contribution in [0, 0.1) is 13.8 Å². The summed E-state index contributed by atoms with van der Waals surface area (Å²) in [5, 5.41) is 3.01. The molecule has 4 rings (SSSR count). The molecule has 0 bridgehead atoms. The number of ether oxygens (including phenoxy) is 3. The summed E-state index contributed by atoms with van der Waals surface area (Å²) in [6, 6.07) is 19.9. The summed E-state index contributed by atoms with van der Waals surface area (Å²) in [6.45, 7) is 6.44. The molecule has 7 heteroatoms. The number of aryl methyl sites for hydroxylation is 4. The molecule has 1 heterocycles. The number of para-hydroxylation sites is 2. The predicted octanol–water partition coefficient (Wildman–Crippen LogP) is 6.67. The summed E-state index contributed by atoms with van der Waals surface area (Å²) >= 11 is 0. The number of unbranched alkanes of at least 4 members (excludes halogenated alkanes) is 3. The minimum absolute atomic E-state index is 0.107. The number of methoxy groups -OCH3 is 2. The molecule has 7 nitrogen and oxygen atoms in total. The molecule has 3 aromatic carbocycles. The van der Waals surface area contributed by atoms with Crippen LogP contribution in [0.15, 0.2) is 60.7 Å². The van der Waals surface area contributed by atoms with E-state index in [2.05, 4.69) is 60.1 Å². The highest BCUT2D eigenvalue weighted by Crippen LogP contribution is 2.27. The number of imidazole rings is 1. The molecule has 0 aliphatic rings. The Bertz CT molecular complexity index is 1410. The van der Waals surface area contributed by atoms with E-state index >= 15 is 0 Å². The van der Waals surface area contributed by atoms with Crippen molar-refractivity contribution in [2.75, 3.05) is 27.4 Å². The van der Waals surface area contributed by atoms with Crippen LogP contribution in [-0.4, -0.2) is 42.8 Å². The van der Waals surface area contributed by atoms with E-state index in [1.165, 1.54) is 16.6 Å². The fourth-order valence-electron chi connectivity index (χ4n) is 4.85. The van der Waals surface area contributed by atoms with E-state index in [4.69, 9.17) is 19.2 Å². The standard InChI is InChI=1S/C33H41N3O4/c1-24-15-16-25(2)30(22-24)40-21-11-10-20-36-28-13-8-7-12-27(28)35-32(36)14-6-5-9-19-34-33(37)26-17-18-29(38-3)31(23-26)39-4/h7-8,12-13,15-18,22-23H,5-6,9-11,14,19-21H2,1-4H3,(H,34,37). The molecule has 0 fully saturated rings. The largest absolute Gasteiger partial charge is 0.493 e. The van der Waals surface area contributed by atoms with Crippen LogP contribution in [0.5, 0.6) is 17.2 Å². The first-order valence-electron chi connectivity index (χ1n) is 14.1. The Hall–Kier alpha value is -4.00. The third-order valence-corrected chi connectivity index (χ3v) is 7.12. The van der Waals surface area contributed by atoms with Gasteiger partial charge >= 0.3 is 0 Å². The van der Waals surface area contributed by atoms with Crippen molar-refractivity contribution in [1.82, 2.24) is 14.9 Å². The maximum absolute atomic E-state index is 12.5. The van der Waals surface area contributed by atoms with Gasteiger partial charge in [0.15, 0.2) is 11.5 Å². The topological polar surface area (TPSA) is 74.6 Å². The number of carbonyl (C=O) groups excluding carboxylic acids is 1. The van der Waals surface area contributed by atoms with Gasteiger partial charge in [-0.1, -0.05) is 30.7 Å². The Labute approximate surface area is 237 Å². The van der Waals surface area contributed by atoms with Crippen LogP contribution in [0.3, 0.4) is 0 Å². The van der Waals surface area contributed by atoms with Crippen molar-refractivity contribution in [2.45, 2.75) is 58.9 Å². The predicted molar refractivity (Wildman–Crippen MR) is 160 cm³/mol. The number of fused-ring (bicyclic) bond motifs is 1. The highest BCUT2D eigenvalue weighted by atomic mass is 16.5. The molecule has 0 saturated heterocycles. The highest BCUT2D eigenvalue weighted by molar-refractivity contribution is 5.94. The van der Waals surface area contributed by atoms with Crippen LogP contribution in [0.25, 0.3) is 11.0 Å². The van der Waals surface area contributed by atoms with Crippen molar-refractivity contribution in [1.29, 1.82) is 0 Å². The van der Waals surface area contributed by atoms with Crippen LogP contribution < -0.4 is 19.5 Å². The number of hydrogen-bond acceptors (Lipinski definition) is 5. The Balaban J connectivity index is 1.22. The lowest BCUT2D eigenvalue weighted by Gasteiger charge is -2.12. The van der Waals surface area contributed by atoms with E-state index in [-0.39, 0.29) is 5.91 Å². The number of aromatic nitrogens is 2. The van der Waals surface area contributed by atoms with E-state index in [1.54, 1.807) is 32.4 Å². The molecule has 40 heavy (non-hydrogen) atoms. The maximum atomic E-state index is 12.5. The number of nitrogens with zero attached hydrogens (tertiary/aromatic N) is 2. The van der Waals surface area contributed by atoms with E-state index in [9.17, 15) is 4.79 Å². The SMILES string of the molecule is COc1ccc(C(=O)NCCCCCc2nc3ccccc3n2CCCCOc2cc(C)ccc2C)cc1OC. The van der Waals surface area contributed by atoms with Gasteiger partial charge in [-0.15, -0.1) is 0 Å². The number of amides is 1. The molecular weight excluding hydrogens is 502 g/mol. The molecule has 1 aromatic heterocycles. The molecule has 212 valence electrons. The van der Waals surface area contributed by atoms with Crippen molar-refractivity contribution in [2.24, 2.45) is 0 Å². The highest BCUT2D eigenvalue weighted by Gasteiger charge is 2.12. The molecular formula is C33H41N3O4. The van der Waals surface area contributed by atoms with E-state index in [0.29, 0.717) is 30.2 Å². The van der Waals surface area contributed by atoms with Crippen LogP contribution in [-0.2, 0) is 13.0 Å². The van der Waals surface area contributed by atoms with Gasteiger partial charge in [0, 0.05) is 25.1 Å². The van der Waals surface area contributed by atoms with Gasteiger partial charge in [-0.2, -0.15) is 0 Å². The van der Waals surface area contributed by atoms with Gasteiger partial charge in [-0.3, -0.25) is 4.79 Å². The Morgan fingerprint density at radius 1 is 0.850 bits per heavy atom. The van der Waals surface area contributed by atoms with Crippen molar-refractivity contribution in [3.63, 3.8) is 0 Å². The lowest BCUT2D eigenvalue weighted by Crippen LogP contribution is -2.24. The number of carbonyl (C=O) groups is 1. The summed E-state index contributed by atoms with van der Waals surface area (Å²) in [5.41, 5.74) is 5.19. The average molecular weight is 544 g/mol. The van der Waals surface area contributed by atoms with Gasteiger partial charge in [0.1, 0.15) is 11.6 Å². The second kappa shape index (κ2) is 14.4. The smallest absolute Gasteiger partial charge is 0.251 e. The van der Waals surface area contributed by atoms with Crippen molar-refractivity contribution < 1.29 is 19.0 Å². The Kier molecular flexibility index (Phi) is 10.4. The van der Waals surface area contributed by atoms with Crippen LogP contribution in [0.2, 0.25) is 0 Å². The second-order valence-electron chi connectivity index (χ2n) is 10.1. The number of hydrogen-bond donors (Lipinski definition) is 1. The lowest BCUT2D eigenvalue weighted by atomic mass is 10.1. The first kappa shape index (κ1) is 29.0. The molecule has 0 saturated carbocycles. The van der Waals surface area contributed by atoms with Gasteiger partial charge in [-0.25, -0.2) is 4.98 Å². The molecule has 0 unspecified atom stereocenters. The zero-order valence-corrected chi connectivity index (χ0v) is 24.2. The van der Waals surface area contributed by atoms with Crippen molar-refractivity contribution in [3.8, 4) is 17.2 Å². The van der Waals surface area contributed by atoms with Crippen LogP contribution >= 0.6 is 0 Å². The average Bonchev–Trinajstić information content (AvgIpc) is 3.33. The fraction of sp³-hybridized carbons (Fsp3) is 0.394. The molecule has 0 atom stereocenters. The lowest BCUT2D eigenvalue weighted by molar-refractivity contribution is 0.0952.